The van der Waals surface area contributed by atoms with E-state index >= 15 is 0 Å². The first-order valence-corrected chi connectivity index (χ1v) is 7.34. The molecule has 0 saturated heterocycles. The molecule has 3 heteroatoms. The van der Waals surface area contributed by atoms with Crippen molar-refractivity contribution in [2.75, 3.05) is 11.5 Å². The van der Waals surface area contributed by atoms with Crippen LogP contribution in [0.25, 0.3) is 6.08 Å². The molecule has 0 bridgehead atoms. The Bertz CT molecular complexity index is 309. The second-order valence-corrected chi connectivity index (χ2v) is 6.19. The maximum Gasteiger partial charge on any atom is 0.0406 e. The van der Waals surface area contributed by atoms with Crippen LogP contribution in [-0.2, 0) is 0 Å². The van der Waals surface area contributed by atoms with E-state index in [2.05, 4.69) is 32.1 Å². The highest BCUT2D eigenvalue weighted by Gasteiger charge is 1.97. The highest BCUT2D eigenvalue weighted by molar-refractivity contribution is 8.22. The second kappa shape index (κ2) is 7.26. The lowest BCUT2D eigenvalue weighted by atomic mass is 10.2. The van der Waals surface area contributed by atoms with E-state index in [1.165, 1.54) is 9.80 Å². The van der Waals surface area contributed by atoms with Crippen molar-refractivity contribution in [3.05, 3.63) is 39.1 Å². The van der Waals surface area contributed by atoms with Gasteiger partial charge in [0.25, 0.3) is 0 Å². The van der Waals surface area contributed by atoms with E-state index in [1.54, 1.807) is 0 Å². The summed E-state index contributed by atoms with van der Waals surface area (Å²) in [4.78, 5) is 0. The van der Waals surface area contributed by atoms with Gasteiger partial charge in [0.05, 0.1) is 0 Å². The van der Waals surface area contributed by atoms with E-state index < -0.39 is 0 Å². The van der Waals surface area contributed by atoms with Crippen LogP contribution in [0, 0.1) is 0 Å². The van der Waals surface area contributed by atoms with Crippen LogP contribution in [0.2, 0.25) is 5.02 Å². The fourth-order valence-electron chi connectivity index (χ4n) is 1.10. The molecule has 0 amide bonds. The fraction of sp³-hybridized carbons (Fsp3) is 0.333. The Morgan fingerprint density at radius 2 is 1.67 bits per heavy atom. The van der Waals surface area contributed by atoms with E-state index in [0.717, 1.165) is 16.5 Å². The van der Waals surface area contributed by atoms with Crippen LogP contribution in [-0.4, -0.2) is 11.5 Å². The third-order valence-corrected chi connectivity index (χ3v) is 4.07. The smallest absolute Gasteiger partial charge is 0.0406 e. The van der Waals surface area contributed by atoms with Gasteiger partial charge in [-0.2, -0.15) is 0 Å². The molecule has 0 spiro atoms. The largest absolute Gasteiger partial charge is 0.120 e. The van der Waals surface area contributed by atoms with Gasteiger partial charge in [-0.15, -0.1) is 23.5 Å². The summed E-state index contributed by atoms with van der Waals surface area (Å²) in [6.45, 7) is 4.35. The van der Waals surface area contributed by atoms with Gasteiger partial charge in [-0.05, 0) is 35.3 Å². The zero-order valence-corrected chi connectivity index (χ0v) is 11.4. The molecular weight excluding hydrogens is 244 g/mol. The summed E-state index contributed by atoms with van der Waals surface area (Å²) in [5.41, 5.74) is 1.22. The minimum atomic E-state index is 0.792. The van der Waals surface area contributed by atoms with Crippen LogP contribution in [0.4, 0.5) is 0 Å². The lowest BCUT2D eigenvalue weighted by Gasteiger charge is -2.03. The molecule has 0 heterocycles. The van der Waals surface area contributed by atoms with E-state index in [-0.39, 0.29) is 0 Å². The van der Waals surface area contributed by atoms with Crippen molar-refractivity contribution in [2.45, 2.75) is 13.8 Å². The van der Waals surface area contributed by atoms with Crippen molar-refractivity contribution < 1.29 is 0 Å². The van der Waals surface area contributed by atoms with Crippen LogP contribution in [0.5, 0.6) is 0 Å². The third kappa shape index (κ3) is 5.01. The quantitative estimate of drug-likeness (QED) is 0.717. The summed E-state index contributed by atoms with van der Waals surface area (Å²) < 4.78 is 1.38. The summed E-state index contributed by atoms with van der Waals surface area (Å²) >= 11 is 9.62. The zero-order chi connectivity index (χ0) is 11.1. The molecular formula is C12H15ClS2. The standard InChI is InChI=1S/C12H15ClS2/c1-3-14-12(15-4-2)9-10-5-7-11(13)8-6-10/h5-9H,3-4H2,1-2H3. The number of rotatable bonds is 5. The Balaban J connectivity index is 2.76. The van der Waals surface area contributed by atoms with Crippen LogP contribution < -0.4 is 0 Å². The number of hydrogen-bond donors (Lipinski definition) is 0. The SMILES string of the molecule is CCSC(=Cc1ccc(Cl)cc1)SCC. The lowest BCUT2D eigenvalue weighted by molar-refractivity contribution is 1.53. The zero-order valence-electron chi connectivity index (χ0n) is 9.00. The molecule has 1 aromatic carbocycles. The Morgan fingerprint density at radius 1 is 1.13 bits per heavy atom. The van der Waals surface area contributed by atoms with Crippen LogP contribution in [0.1, 0.15) is 19.4 Å². The van der Waals surface area contributed by atoms with E-state index in [0.29, 0.717) is 0 Å². The van der Waals surface area contributed by atoms with Gasteiger partial charge >= 0.3 is 0 Å². The molecule has 0 nitrogen and oxygen atoms in total. The van der Waals surface area contributed by atoms with Gasteiger partial charge in [-0.3, -0.25) is 0 Å². The topological polar surface area (TPSA) is 0 Å². The molecule has 0 aromatic heterocycles. The number of hydrogen-bond acceptors (Lipinski definition) is 2. The normalized spacial score (nSPS) is 10.1. The average molecular weight is 259 g/mol. The summed E-state index contributed by atoms with van der Waals surface area (Å²) in [5, 5.41) is 0.792. The summed E-state index contributed by atoms with van der Waals surface area (Å²) in [6, 6.07) is 7.96. The van der Waals surface area contributed by atoms with E-state index in [4.69, 9.17) is 11.6 Å². The molecule has 82 valence electrons. The maximum absolute atomic E-state index is 5.84. The van der Waals surface area contributed by atoms with Crippen molar-refractivity contribution in [3.63, 3.8) is 0 Å². The monoisotopic (exact) mass is 258 g/mol. The Hall–Kier alpha value is -0.0500. The molecule has 0 N–H and O–H groups in total. The van der Waals surface area contributed by atoms with Crippen molar-refractivity contribution >= 4 is 41.2 Å². The van der Waals surface area contributed by atoms with E-state index in [9.17, 15) is 0 Å². The summed E-state index contributed by atoms with van der Waals surface area (Å²) in [5.74, 6) is 2.23. The first-order valence-electron chi connectivity index (χ1n) is 4.99. The number of thioether (sulfide) groups is 2. The molecule has 0 atom stereocenters. The Morgan fingerprint density at radius 3 is 2.13 bits per heavy atom. The van der Waals surface area contributed by atoms with Crippen molar-refractivity contribution in [1.29, 1.82) is 0 Å². The predicted octanol–water partition coefficient (Wildman–Crippen LogP) is 5.14. The minimum absolute atomic E-state index is 0.792. The molecule has 0 fully saturated rings. The summed E-state index contributed by atoms with van der Waals surface area (Å²) in [7, 11) is 0. The minimum Gasteiger partial charge on any atom is -0.120 e. The summed E-state index contributed by atoms with van der Waals surface area (Å²) in [6.07, 6.45) is 2.22. The Labute approximate surface area is 105 Å². The van der Waals surface area contributed by atoms with Gasteiger partial charge in [0.1, 0.15) is 0 Å². The van der Waals surface area contributed by atoms with Gasteiger partial charge in [-0.25, -0.2) is 0 Å². The fourth-order valence-corrected chi connectivity index (χ4v) is 3.28. The highest BCUT2D eigenvalue weighted by Crippen LogP contribution is 2.30. The molecule has 0 aliphatic rings. The van der Waals surface area contributed by atoms with Crippen molar-refractivity contribution in [2.24, 2.45) is 0 Å². The van der Waals surface area contributed by atoms with Gasteiger partial charge in [-0.1, -0.05) is 37.6 Å². The molecule has 0 radical (unpaired) electrons. The van der Waals surface area contributed by atoms with Gasteiger partial charge in [0.15, 0.2) is 0 Å². The highest BCUT2D eigenvalue weighted by atomic mass is 35.5. The number of benzene rings is 1. The first-order chi connectivity index (χ1) is 7.26. The second-order valence-electron chi connectivity index (χ2n) is 2.88. The third-order valence-electron chi connectivity index (χ3n) is 1.73. The van der Waals surface area contributed by atoms with Gasteiger partial charge < -0.3 is 0 Å². The van der Waals surface area contributed by atoms with Crippen molar-refractivity contribution in [3.8, 4) is 0 Å². The van der Waals surface area contributed by atoms with E-state index in [1.807, 2.05) is 35.7 Å². The molecule has 0 aliphatic heterocycles. The molecule has 1 aromatic rings. The lowest BCUT2D eigenvalue weighted by Crippen LogP contribution is -1.77. The maximum atomic E-state index is 5.84. The molecule has 0 saturated carbocycles. The first kappa shape index (κ1) is 13.0. The van der Waals surface area contributed by atoms with Gasteiger partial charge in [0, 0.05) is 9.26 Å². The van der Waals surface area contributed by atoms with Crippen LogP contribution >= 0.6 is 35.1 Å². The predicted molar refractivity (Wildman–Crippen MR) is 75.7 cm³/mol. The molecule has 15 heavy (non-hydrogen) atoms. The Kier molecular flexibility index (Phi) is 6.30. The molecule has 1 rings (SSSR count). The van der Waals surface area contributed by atoms with Gasteiger partial charge in [0.2, 0.25) is 0 Å². The number of halogens is 1. The molecule has 0 aliphatic carbocycles. The van der Waals surface area contributed by atoms with Crippen molar-refractivity contribution in [1.82, 2.24) is 0 Å². The average Bonchev–Trinajstić information content (AvgIpc) is 2.22. The van der Waals surface area contributed by atoms with Crippen LogP contribution in [0.15, 0.2) is 28.5 Å². The van der Waals surface area contributed by atoms with Crippen LogP contribution in [0.3, 0.4) is 0 Å². The molecule has 0 unspecified atom stereocenters.